The van der Waals surface area contributed by atoms with Crippen LogP contribution in [0.1, 0.15) is 68.4 Å². The smallest absolute Gasteiger partial charge is 0.251 e. The summed E-state index contributed by atoms with van der Waals surface area (Å²) < 4.78 is 6.33. The van der Waals surface area contributed by atoms with Crippen LogP contribution in [-0.4, -0.2) is 67.0 Å². The summed E-state index contributed by atoms with van der Waals surface area (Å²) in [4.78, 5) is 30.1. The molecule has 5 rings (SSSR count). The van der Waals surface area contributed by atoms with Gasteiger partial charge in [-0.15, -0.1) is 0 Å². The van der Waals surface area contributed by atoms with Gasteiger partial charge in [-0.2, -0.15) is 0 Å². The number of nitrogens with one attached hydrogen (secondary N) is 1. The second kappa shape index (κ2) is 14.0. The lowest BCUT2D eigenvalue weighted by molar-refractivity contribution is -0.132. The Balaban J connectivity index is 1.30. The highest BCUT2D eigenvalue weighted by Gasteiger charge is 2.39. The van der Waals surface area contributed by atoms with Gasteiger partial charge in [0.15, 0.2) is 0 Å². The number of carbonyl (C=O) groups is 2. The van der Waals surface area contributed by atoms with E-state index in [-0.39, 0.29) is 29.3 Å². The van der Waals surface area contributed by atoms with Gasteiger partial charge in [0.25, 0.3) is 5.91 Å². The summed E-state index contributed by atoms with van der Waals surface area (Å²) in [5.74, 6) is 1.11. The van der Waals surface area contributed by atoms with E-state index in [2.05, 4.69) is 87.6 Å². The average Bonchev–Trinajstić information content (AvgIpc) is 3.02. The van der Waals surface area contributed by atoms with Crippen LogP contribution < -0.4 is 10.1 Å². The monoisotopic (exact) mass is 607 g/mol. The minimum Gasteiger partial charge on any atom is -0.493 e. The number of hydrogen-bond acceptors (Lipinski definition) is 4. The molecule has 2 aliphatic heterocycles. The summed E-state index contributed by atoms with van der Waals surface area (Å²) in [6, 6.07) is 25.3. The number of fused-ring (bicyclic) bond motifs is 2. The van der Waals surface area contributed by atoms with Crippen LogP contribution in [0.5, 0.6) is 5.75 Å². The number of ether oxygens (including phenoxy) is 1. The number of benzene rings is 3. The molecule has 1 fully saturated rings. The summed E-state index contributed by atoms with van der Waals surface area (Å²) in [6.45, 7) is 12.9. The zero-order valence-electron chi connectivity index (χ0n) is 27.9. The highest BCUT2D eigenvalue weighted by Crippen LogP contribution is 2.35. The van der Waals surface area contributed by atoms with Crippen molar-refractivity contribution in [3.05, 3.63) is 106 Å². The molecule has 3 aromatic rings. The van der Waals surface area contributed by atoms with Gasteiger partial charge in [0.2, 0.25) is 5.91 Å². The van der Waals surface area contributed by atoms with Crippen molar-refractivity contribution in [3.63, 3.8) is 0 Å². The molecule has 0 spiro atoms. The van der Waals surface area contributed by atoms with Crippen LogP contribution >= 0.6 is 0 Å². The number of para-hydroxylation sites is 1. The summed E-state index contributed by atoms with van der Waals surface area (Å²) in [7, 11) is 1.89. The molecule has 0 aromatic heterocycles. The van der Waals surface area contributed by atoms with Gasteiger partial charge in [-0.3, -0.25) is 9.59 Å². The largest absolute Gasteiger partial charge is 0.493 e. The van der Waals surface area contributed by atoms with Crippen molar-refractivity contribution < 1.29 is 14.3 Å². The fourth-order valence-electron chi connectivity index (χ4n) is 6.63. The lowest BCUT2D eigenvalue weighted by Crippen LogP contribution is -2.61. The molecule has 6 heteroatoms. The zero-order chi connectivity index (χ0) is 32.1. The first-order valence-corrected chi connectivity index (χ1v) is 16.4. The van der Waals surface area contributed by atoms with Crippen LogP contribution in [0.15, 0.2) is 78.4 Å². The van der Waals surface area contributed by atoms with E-state index < -0.39 is 0 Å². The van der Waals surface area contributed by atoms with Crippen molar-refractivity contribution in [2.24, 2.45) is 0 Å². The normalized spacial score (nSPS) is 18.1. The molecule has 3 aromatic carbocycles. The van der Waals surface area contributed by atoms with Crippen molar-refractivity contribution >= 4 is 17.4 Å². The van der Waals surface area contributed by atoms with Gasteiger partial charge >= 0.3 is 0 Å². The minimum atomic E-state index is -0.181. The quantitative estimate of drug-likeness (QED) is 0.273. The Morgan fingerprint density at radius 1 is 0.933 bits per heavy atom. The van der Waals surface area contributed by atoms with Crippen LogP contribution in [0.25, 0.3) is 5.57 Å². The molecule has 2 atom stereocenters. The SMILES string of the molecule is CC(=O)N1CC2CC(c3ccc(CCCOc4c(C)cccc4C(C)(C)C)cc3)=C(C(=O)N(C)CCc3ccccc3)[C@@H](C1)N2. The second-order valence-corrected chi connectivity index (χ2v) is 13.7. The van der Waals surface area contributed by atoms with E-state index in [0.717, 1.165) is 41.7 Å². The van der Waals surface area contributed by atoms with Crippen molar-refractivity contribution in [3.8, 4) is 5.75 Å². The van der Waals surface area contributed by atoms with E-state index in [4.69, 9.17) is 4.74 Å². The van der Waals surface area contributed by atoms with Crippen LogP contribution in [0.3, 0.4) is 0 Å². The van der Waals surface area contributed by atoms with Gasteiger partial charge in [0.05, 0.1) is 12.6 Å². The maximum absolute atomic E-state index is 14.1. The van der Waals surface area contributed by atoms with Crippen LogP contribution in [0, 0.1) is 6.92 Å². The lowest BCUT2D eigenvalue weighted by Gasteiger charge is -2.44. The van der Waals surface area contributed by atoms with Gasteiger partial charge in [-0.25, -0.2) is 0 Å². The standard InChI is InChI=1S/C39H49N3O3/c1-27-12-10-16-34(39(3,4)5)37(27)45-23-11-15-30-17-19-31(20-18-30)33-24-32-25-42(28(2)43)26-35(40-32)36(33)38(44)41(6)22-21-29-13-8-7-9-14-29/h7-10,12-14,16-20,32,35,40H,11,15,21-26H2,1-6H3/t32?,35-/m1/s1. The molecule has 0 saturated carbocycles. The number of likely N-dealkylation sites (N-methyl/N-ethyl adjacent to an activating group) is 1. The third-order valence-corrected chi connectivity index (χ3v) is 9.18. The van der Waals surface area contributed by atoms with Gasteiger partial charge < -0.3 is 19.9 Å². The van der Waals surface area contributed by atoms with Gasteiger partial charge in [-0.05, 0) is 71.4 Å². The Morgan fingerprint density at radius 3 is 2.33 bits per heavy atom. The molecule has 2 aliphatic rings. The first kappa shape index (κ1) is 32.5. The molecule has 2 amide bonds. The number of rotatable bonds is 10. The van der Waals surface area contributed by atoms with Gasteiger partial charge in [0, 0.05) is 45.2 Å². The third kappa shape index (κ3) is 7.85. The molecular formula is C39H49N3O3. The van der Waals surface area contributed by atoms with Crippen LogP contribution in [0.4, 0.5) is 0 Å². The van der Waals surface area contributed by atoms with Gasteiger partial charge in [-0.1, -0.05) is 93.6 Å². The van der Waals surface area contributed by atoms with Crippen molar-refractivity contribution in [2.45, 2.75) is 77.8 Å². The van der Waals surface area contributed by atoms with Crippen molar-refractivity contribution in [1.82, 2.24) is 15.1 Å². The first-order valence-electron chi connectivity index (χ1n) is 16.4. The molecule has 0 radical (unpaired) electrons. The number of carbonyl (C=O) groups excluding carboxylic acids is 2. The third-order valence-electron chi connectivity index (χ3n) is 9.18. The highest BCUT2D eigenvalue weighted by molar-refractivity contribution is 6.03. The maximum atomic E-state index is 14.1. The summed E-state index contributed by atoms with van der Waals surface area (Å²) in [5, 5.41) is 3.66. The number of nitrogens with zero attached hydrogens (tertiary/aromatic N) is 2. The van der Waals surface area contributed by atoms with Crippen molar-refractivity contribution in [2.75, 3.05) is 33.3 Å². The molecule has 1 saturated heterocycles. The second-order valence-electron chi connectivity index (χ2n) is 13.7. The van der Waals surface area contributed by atoms with Crippen LogP contribution in [0.2, 0.25) is 0 Å². The topological polar surface area (TPSA) is 61.9 Å². The molecule has 1 unspecified atom stereocenters. The first-order chi connectivity index (χ1) is 21.5. The van der Waals surface area contributed by atoms with E-state index in [1.807, 2.05) is 35.0 Å². The predicted octanol–water partition coefficient (Wildman–Crippen LogP) is 6.35. The predicted molar refractivity (Wildman–Crippen MR) is 182 cm³/mol. The Labute approximate surface area is 269 Å². The molecule has 1 N–H and O–H groups in total. The zero-order valence-corrected chi connectivity index (χ0v) is 27.9. The number of piperazine rings is 1. The van der Waals surface area contributed by atoms with E-state index in [0.29, 0.717) is 32.7 Å². The Hall–Kier alpha value is -3.90. The van der Waals surface area contributed by atoms with E-state index in [9.17, 15) is 9.59 Å². The molecule has 45 heavy (non-hydrogen) atoms. The maximum Gasteiger partial charge on any atom is 0.251 e. The molecule has 0 aliphatic carbocycles. The molecule has 6 nitrogen and oxygen atoms in total. The molecule has 238 valence electrons. The van der Waals surface area contributed by atoms with Crippen molar-refractivity contribution in [1.29, 1.82) is 0 Å². The highest BCUT2D eigenvalue weighted by atomic mass is 16.5. The van der Waals surface area contributed by atoms with E-state index >= 15 is 0 Å². The Bertz CT molecular complexity index is 1520. The Kier molecular flexibility index (Phi) is 10.1. The summed E-state index contributed by atoms with van der Waals surface area (Å²) >= 11 is 0. The Morgan fingerprint density at radius 2 is 1.64 bits per heavy atom. The fraction of sp³-hybridized carbons (Fsp3) is 0.436. The van der Waals surface area contributed by atoms with Gasteiger partial charge in [0.1, 0.15) is 5.75 Å². The number of hydrogen-bond donors (Lipinski definition) is 1. The van der Waals surface area contributed by atoms with E-state index in [1.165, 1.54) is 22.3 Å². The minimum absolute atomic E-state index is 0.0281. The number of aryl methyl sites for hydroxylation is 2. The average molecular weight is 608 g/mol. The summed E-state index contributed by atoms with van der Waals surface area (Å²) in [5.41, 5.74) is 7.91. The molecule has 2 bridgehead atoms. The number of amides is 2. The summed E-state index contributed by atoms with van der Waals surface area (Å²) in [6.07, 6.45) is 3.36. The van der Waals surface area contributed by atoms with E-state index in [1.54, 1.807) is 6.92 Å². The lowest BCUT2D eigenvalue weighted by atomic mass is 9.82. The van der Waals surface area contributed by atoms with Crippen LogP contribution in [-0.2, 0) is 27.8 Å². The molecular weight excluding hydrogens is 558 g/mol. The fourth-order valence-corrected chi connectivity index (χ4v) is 6.63. The molecule has 2 heterocycles.